The summed E-state index contributed by atoms with van der Waals surface area (Å²) in [6.07, 6.45) is 1.26. The van der Waals surface area contributed by atoms with Crippen molar-refractivity contribution >= 4 is 5.91 Å². The van der Waals surface area contributed by atoms with Crippen molar-refractivity contribution in [3.05, 3.63) is 29.8 Å². The monoisotopic (exact) mass is 264 g/mol. The van der Waals surface area contributed by atoms with Crippen LogP contribution in [0.1, 0.15) is 18.4 Å². The fourth-order valence-corrected chi connectivity index (χ4v) is 2.16. The van der Waals surface area contributed by atoms with Gasteiger partial charge in [0.2, 0.25) is 5.91 Å². The van der Waals surface area contributed by atoms with Gasteiger partial charge in [-0.25, -0.2) is 0 Å². The highest BCUT2D eigenvalue weighted by atomic mass is 16.5. The number of rotatable bonds is 5. The molecule has 0 aromatic heterocycles. The summed E-state index contributed by atoms with van der Waals surface area (Å²) < 4.78 is 10.7. The summed E-state index contributed by atoms with van der Waals surface area (Å²) in [4.78, 5) is 11.9. The van der Waals surface area contributed by atoms with Gasteiger partial charge in [0.05, 0.1) is 13.2 Å². The minimum absolute atomic E-state index is 0.0209. The Hall–Kier alpha value is -1.59. The molecule has 0 saturated carbocycles. The number of nitrogens with one attached hydrogen (secondary N) is 1. The number of hydrogen-bond acceptors (Lipinski definition) is 4. The zero-order chi connectivity index (χ0) is 13.7. The third-order valence-electron chi connectivity index (χ3n) is 3.26. The largest absolute Gasteiger partial charge is 0.497 e. The molecular weight excluding hydrogens is 244 g/mol. The number of carbonyl (C=O) groups excluding carboxylic acids is 1. The Kier molecular flexibility index (Phi) is 4.76. The van der Waals surface area contributed by atoms with Crippen molar-refractivity contribution < 1.29 is 14.3 Å². The van der Waals surface area contributed by atoms with Crippen molar-refractivity contribution in [2.45, 2.75) is 31.6 Å². The van der Waals surface area contributed by atoms with Crippen LogP contribution in [-0.4, -0.2) is 31.8 Å². The van der Waals surface area contributed by atoms with Crippen molar-refractivity contribution in [3.63, 3.8) is 0 Å². The van der Waals surface area contributed by atoms with Gasteiger partial charge in [-0.15, -0.1) is 0 Å². The van der Waals surface area contributed by atoms with Crippen LogP contribution >= 0.6 is 0 Å². The lowest BCUT2D eigenvalue weighted by molar-refractivity contribution is -0.132. The van der Waals surface area contributed by atoms with Crippen LogP contribution in [0.2, 0.25) is 0 Å². The van der Waals surface area contributed by atoms with Gasteiger partial charge in [0.15, 0.2) is 0 Å². The van der Waals surface area contributed by atoms with Crippen LogP contribution in [0.3, 0.4) is 0 Å². The molecule has 1 aromatic rings. The molecule has 5 heteroatoms. The third-order valence-corrected chi connectivity index (χ3v) is 3.26. The summed E-state index contributed by atoms with van der Waals surface area (Å²) in [5.41, 5.74) is 6.52. The van der Waals surface area contributed by atoms with Crippen molar-refractivity contribution in [3.8, 4) is 5.75 Å². The van der Waals surface area contributed by atoms with Gasteiger partial charge >= 0.3 is 0 Å². The summed E-state index contributed by atoms with van der Waals surface area (Å²) in [5.74, 6) is 0.714. The van der Waals surface area contributed by atoms with E-state index < -0.39 is 0 Å². The quantitative estimate of drug-likeness (QED) is 0.825. The molecule has 1 aromatic carbocycles. The molecule has 1 amide bonds. The van der Waals surface area contributed by atoms with Crippen LogP contribution in [0.15, 0.2) is 24.3 Å². The highest BCUT2D eigenvalue weighted by Gasteiger charge is 2.29. The van der Waals surface area contributed by atoms with E-state index in [1.807, 2.05) is 24.3 Å². The molecule has 2 atom stereocenters. The molecule has 1 aliphatic heterocycles. The molecule has 1 heterocycles. The predicted molar refractivity (Wildman–Crippen MR) is 71.8 cm³/mol. The second kappa shape index (κ2) is 6.54. The van der Waals surface area contributed by atoms with Gasteiger partial charge < -0.3 is 20.5 Å². The number of ether oxygens (including phenoxy) is 2. The molecule has 5 nitrogen and oxygen atoms in total. The summed E-state index contributed by atoms with van der Waals surface area (Å²) in [7, 11) is 1.62. The molecule has 2 rings (SSSR count). The van der Waals surface area contributed by atoms with E-state index in [0.29, 0.717) is 13.1 Å². The first-order chi connectivity index (χ1) is 9.22. The average Bonchev–Trinajstić information content (AvgIpc) is 2.94. The van der Waals surface area contributed by atoms with Crippen LogP contribution in [0.25, 0.3) is 0 Å². The lowest BCUT2D eigenvalue weighted by Crippen LogP contribution is -2.35. The minimum atomic E-state index is -0.362. The summed E-state index contributed by atoms with van der Waals surface area (Å²) >= 11 is 0. The van der Waals surface area contributed by atoms with Gasteiger partial charge in [0.1, 0.15) is 11.9 Å². The molecule has 2 unspecified atom stereocenters. The second-order valence-electron chi connectivity index (χ2n) is 4.63. The van der Waals surface area contributed by atoms with E-state index in [1.54, 1.807) is 7.11 Å². The molecule has 104 valence electrons. The van der Waals surface area contributed by atoms with E-state index in [1.165, 1.54) is 0 Å². The molecule has 0 spiro atoms. The van der Waals surface area contributed by atoms with Crippen LogP contribution in [0.5, 0.6) is 5.75 Å². The van der Waals surface area contributed by atoms with Crippen molar-refractivity contribution in [1.29, 1.82) is 0 Å². The number of nitrogens with two attached hydrogens (primary N) is 1. The first-order valence-electron chi connectivity index (χ1n) is 6.49. The Morgan fingerprint density at radius 1 is 1.53 bits per heavy atom. The molecule has 1 fully saturated rings. The van der Waals surface area contributed by atoms with Crippen LogP contribution in [0, 0.1) is 0 Å². The fourth-order valence-electron chi connectivity index (χ4n) is 2.16. The molecule has 0 aliphatic carbocycles. The van der Waals surface area contributed by atoms with E-state index >= 15 is 0 Å². The van der Waals surface area contributed by atoms with Crippen LogP contribution < -0.4 is 15.8 Å². The number of methoxy groups -OCH3 is 1. The maximum absolute atomic E-state index is 11.9. The molecule has 19 heavy (non-hydrogen) atoms. The van der Waals surface area contributed by atoms with E-state index in [2.05, 4.69) is 5.32 Å². The average molecular weight is 264 g/mol. The van der Waals surface area contributed by atoms with Crippen molar-refractivity contribution in [2.24, 2.45) is 5.73 Å². The Balaban J connectivity index is 1.83. The highest BCUT2D eigenvalue weighted by Crippen LogP contribution is 2.19. The van der Waals surface area contributed by atoms with E-state index in [-0.39, 0.29) is 18.1 Å². The van der Waals surface area contributed by atoms with Gasteiger partial charge in [-0.1, -0.05) is 12.1 Å². The number of benzene rings is 1. The van der Waals surface area contributed by atoms with Crippen LogP contribution in [-0.2, 0) is 16.1 Å². The summed E-state index contributed by atoms with van der Waals surface area (Å²) in [6, 6.07) is 7.62. The maximum atomic E-state index is 11.9. The van der Waals surface area contributed by atoms with Crippen molar-refractivity contribution in [2.75, 3.05) is 13.7 Å². The summed E-state index contributed by atoms with van der Waals surface area (Å²) in [5, 5.41) is 2.88. The van der Waals surface area contributed by atoms with Gasteiger partial charge in [0, 0.05) is 13.1 Å². The minimum Gasteiger partial charge on any atom is -0.497 e. The first kappa shape index (κ1) is 13.8. The summed E-state index contributed by atoms with van der Waals surface area (Å²) in [6.45, 7) is 0.947. The molecule has 0 radical (unpaired) electrons. The smallest absolute Gasteiger partial charge is 0.249 e. The zero-order valence-electron chi connectivity index (χ0n) is 11.1. The second-order valence-corrected chi connectivity index (χ2v) is 4.63. The normalized spacial score (nSPS) is 22.2. The zero-order valence-corrected chi connectivity index (χ0v) is 11.1. The van der Waals surface area contributed by atoms with Crippen LogP contribution in [0.4, 0.5) is 0 Å². The predicted octanol–water partition coefficient (Wildman–Crippen LogP) is 0.818. The third kappa shape index (κ3) is 3.68. The number of carbonyl (C=O) groups is 1. The molecule has 1 aliphatic rings. The van der Waals surface area contributed by atoms with E-state index in [9.17, 15) is 4.79 Å². The van der Waals surface area contributed by atoms with Gasteiger partial charge in [-0.3, -0.25) is 4.79 Å². The lowest BCUT2D eigenvalue weighted by atomic mass is 10.1. The van der Waals surface area contributed by atoms with Gasteiger partial charge in [-0.05, 0) is 30.5 Å². The van der Waals surface area contributed by atoms with E-state index in [0.717, 1.165) is 24.2 Å². The standard InChI is InChI=1S/C14H20N2O3/c1-18-11-4-2-3-10(7-11)9-16-14(17)13-6-5-12(8-15)19-13/h2-4,7,12-13H,5-6,8-9,15H2,1H3,(H,16,17). The van der Waals surface area contributed by atoms with Gasteiger partial charge in [-0.2, -0.15) is 0 Å². The SMILES string of the molecule is COc1cccc(CNC(=O)C2CCC(CN)O2)c1. The first-order valence-corrected chi connectivity index (χ1v) is 6.49. The number of hydrogen-bond donors (Lipinski definition) is 2. The van der Waals surface area contributed by atoms with E-state index in [4.69, 9.17) is 15.2 Å². The molecular formula is C14H20N2O3. The molecule has 1 saturated heterocycles. The van der Waals surface area contributed by atoms with Crippen molar-refractivity contribution in [1.82, 2.24) is 5.32 Å². The maximum Gasteiger partial charge on any atom is 0.249 e. The Morgan fingerprint density at radius 2 is 2.37 bits per heavy atom. The topological polar surface area (TPSA) is 73.6 Å². The number of amides is 1. The Morgan fingerprint density at radius 3 is 3.05 bits per heavy atom. The fraction of sp³-hybridized carbons (Fsp3) is 0.500. The lowest BCUT2D eigenvalue weighted by Gasteiger charge is -2.13. The molecule has 0 bridgehead atoms. The van der Waals surface area contributed by atoms with Gasteiger partial charge in [0.25, 0.3) is 0 Å². The Labute approximate surface area is 113 Å². The highest BCUT2D eigenvalue weighted by molar-refractivity contribution is 5.81. The molecule has 3 N–H and O–H groups in total. The Bertz CT molecular complexity index is 436.